The predicted molar refractivity (Wildman–Crippen MR) is 113 cm³/mol. The van der Waals surface area contributed by atoms with Crippen LogP contribution < -0.4 is 4.74 Å². The maximum absolute atomic E-state index is 13.0. The fourth-order valence-electron chi connectivity index (χ4n) is 3.71. The van der Waals surface area contributed by atoms with E-state index in [0.717, 1.165) is 16.3 Å². The van der Waals surface area contributed by atoms with Crippen LogP contribution >= 0.6 is 0 Å². The van der Waals surface area contributed by atoms with Crippen LogP contribution in [0.1, 0.15) is 12.0 Å². The molecule has 4 rings (SSSR count). The zero-order chi connectivity index (χ0) is 20.3. The fraction of sp³-hybridized carbons (Fsp3) is 0.261. The molecule has 0 aromatic heterocycles. The van der Waals surface area contributed by atoms with E-state index in [0.29, 0.717) is 18.7 Å². The standard InChI is InChI=1S/C23H23NO4S/c25-23(16-28-22-11-10-19-8-4-5-9-20(19)14-22)24(15-18-6-2-1-3-7-18)21-12-13-29(26,27)17-21/h1-11,14,21H,12-13,15-17H2. The van der Waals surface area contributed by atoms with Gasteiger partial charge in [-0.15, -0.1) is 0 Å². The number of rotatable bonds is 6. The monoisotopic (exact) mass is 409 g/mol. The first-order valence-corrected chi connectivity index (χ1v) is 11.5. The van der Waals surface area contributed by atoms with Crippen LogP contribution in [0.25, 0.3) is 10.8 Å². The molecule has 0 spiro atoms. The minimum atomic E-state index is -3.09. The SMILES string of the molecule is O=C(COc1ccc2ccccc2c1)N(Cc1ccccc1)C1CCS(=O)(=O)C1. The second-order valence-electron chi connectivity index (χ2n) is 7.36. The number of nitrogens with zero attached hydrogens (tertiary/aromatic N) is 1. The van der Waals surface area contributed by atoms with Gasteiger partial charge in [-0.05, 0) is 34.9 Å². The minimum Gasteiger partial charge on any atom is -0.484 e. The first-order chi connectivity index (χ1) is 14.0. The summed E-state index contributed by atoms with van der Waals surface area (Å²) in [5.74, 6) is 0.559. The maximum atomic E-state index is 13.0. The quantitative estimate of drug-likeness (QED) is 0.626. The highest BCUT2D eigenvalue weighted by Crippen LogP contribution is 2.23. The third kappa shape index (κ3) is 4.77. The Bertz CT molecular complexity index is 1110. The summed E-state index contributed by atoms with van der Waals surface area (Å²) in [5, 5.41) is 2.15. The molecule has 1 fully saturated rings. The summed E-state index contributed by atoms with van der Waals surface area (Å²) < 4.78 is 29.7. The number of ether oxygens (including phenoxy) is 1. The van der Waals surface area contributed by atoms with Crippen molar-refractivity contribution in [2.24, 2.45) is 0 Å². The molecule has 5 nitrogen and oxygen atoms in total. The number of hydrogen-bond acceptors (Lipinski definition) is 4. The average Bonchev–Trinajstić information content (AvgIpc) is 3.10. The fourth-order valence-corrected chi connectivity index (χ4v) is 5.44. The number of amides is 1. The Morgan fingerprint density at radius 1 is 0.966 bits per heavy atom. The molecule has 1 saturated heterocycles. The van der Waals surface area contributed by atoms with Gasteiger partial charge in [-0.2, -0.15) is 0 Å². The second kappa shape index (κ2) is 8.25. The second-order valence-corrected chi connectivity index (χ2v) is 9.59. The van der Waals surface area contributed by atoms with Gasteiger partial charge in [-0.3, -0.25) is 4.79 Å². The molecule has 0 radical (unpaired) electrons. The topological polar surface area (TPSA) is 63.7 Å². The Morgan fingerprint density at radius 2 is 1.69 bits per heavy atom. The van der Waals surface area contributed by atoms with Crippen LogP contribution in [0.4, 0.5) is 0 Å². The highest BCUT2D eigenvalue weighted by molar-refractivity contribution is 7.91. The van der Waals surface area contributed by atoms with E-state index in [1.165, 1.54) is 0 Å². The van der Waals surface area contributed by atoms with E-state index in [4.69, 9.17) is 4.74 Å². The van der Waals surface area contributed by atoms with E-state index in [2.05, 4.69) is 0 Å². The first-order valence-electron chi connectivity index (χ1n) is 9.66. The lowest BCUT2D eigenvalue weighted by Crippen LogP contribution is -2.43. The molecule has 1 atom stereocenters. The first kappa shape index (κ1) is 19.5. The Labute approximate surface area is 170 Å². The van der Waals surface area contributed by atoms with Gasteiger partial charge < -0.3 is 9.64 Å². The van der Waals surface area contributed by atoms with Gasteiger partial charge in [0, 0.05) is 12.6 Å². The van der Waals surface area contributed by atoms with Crippen molar-refractivity contribution in [2.75, 3.05) is 18.1 Å². The lowest BCUT2D eigenvalue weighted by molar-refractivity contribution is -0.136. The van der Waals surface area contributed by atoms with E-state index in [9.17, 15) is 13.2 Å². The van der Waals surface area contributed by atoms with Crippen LogP contribution in [-0.2, 0) is 21.2 Å². The summed E-state index contributed by atoms with van der Waals surface area (Å²) in [6.45, 7) is 0.253. The molecule has 0 saturated carbocycles. The molecule has 6 heteroatoms. The molecule has 29 heavy (non-hydrogen) atoms. The van der Waals surface area contributed by atoms with Gasteiger partial charge in [-0.1, -0.05) is 60.7 Å². The predicted octanol–water partition coefficient (Wildman–Crippen LogP) is 3.43. The molecule has 150 valence electrons. The van der Waals surface area contributed by atoms with Crippen molar-refractivity contribution in [1.29, 1.82) is 0 Å². The zero-order valence-electron chi connectivity index (χ0n) is 16.0. The summed E-state index contributed by atoms with van der Waals surface area (Å²) >= 11 is 0. The molecule has 3 aromatic rings. The molecular weight excluding hydrogens is 386 g/mol. The molecule has 1 unspecified atom stereocenters. The van der Waals surface area contributed by atoms with Crippen molar-refractivity contribution < 1.29 is 17.9 Å². The van der Waals surface area contributed by atoms with E-state index < -0.39 is 9.84 Å². The molecule has 1 aliphatic rings. The Kier molecular flexibility index (Phi) is 5.53. The van der Waals surface area contributed by atoms with Crippen molar-refractivity contribution in [2.45, 2.75) is 19.0 Å². The summed E-state index contributed by atoms with van der Waals surface area (Å²) in [4.78, 5) is 14.6. The van der Waals surface area contributed by atoms with Gasteiger partial charge >= 0.3 is 0 Å². The van der Waals surface area contributed by atoms with E-state index in [1.54, 1.807) is 4.90 Å². The van der Waals surface area contributed by atoms with Crippen LogP contribution in [0.3, 0.4) is 0 Å². The third-order valence-corrected chi connectivity index (χ3v) is 7.00. The number of benzene rings is 3. The van der Waals surface area contributed by atoms with Crippen molar-refractivity contribution in [1.82, 2.24) is 4.90 Å². The van der Waals surface area contributed by atoms with E-state index in [-0.39, 0.29) is 30.1 Å². The number of carbonyl (C=O) groups is 1. The Morgan fingerprint density at radius 3 is 2.41 bits per heavy atom. The van der Waals surface area contributed by atoms with Gasteiger partial charge in [0.1, 0.15) is 5.75 Å². The lowest BCUT2D eigenvalue weighted by atomic mass is 10.1. The van der Waals surface area contributed by atoms with Crippen LogP contribution in [0.2, 0.25) is 0 Å². The molecule has 0 N–H and O–H groups in total. The molecular formula is C23H23NO4S. The summed E-state index contributed by atoms with van der Waals surface area (Å²) in [6, 6.07) is 23.0. The zero-order valence-corrected chi connectivity index (χ0v) is 16.8. The van der Waals surface area contributed by atoms with Crippen LogP contribution in [0.15, 0.2) is 72.8 Å². The molecule has 1 heterocycles. The number of carbonyl (C=O) groups excluding carboxylic acids is 1. The average molecular weight is 410 g/mol. The van der Waals surface area contributed by atoms with Crippen LogP contribution in [0.5, 0.6) is 5.75 Å². The van der Waals surface area contributed by atoms with Gasteiger partial charge in [0.2, 0.25) is 0 Å². The van der Waals surface area contributed by atoms with Gasteiger partial charge in [0.15, 0.2) is 16.4 Å². The molecule has 1 aliphatic heterocycles. The summed E-state index contributed by atoms with van der Waals surface area (Å²) in [7, 11) is -3.09. The minimum absolute atomic E-state index is 0.0154. The number of hydrogen-bond donors (Lipinski definition) is 0. The van der Waals surface area contributed by atoms with Crippen molar-refractivity contribution in [3.63, 3.8) is 0 Å². The lowest BCUT2D eigenvalue weighted by Gasteiger charge is -2.28. The van der Waals surface area contributed by atoms with Gasteiger partial charge in [0.05, 0.1) is 11.5 Å². The Hall–Kier alpha value is -2.86. The van der Waals surface area contributed by atoms with Gasteiger partial charge in [-0.25, -0.2) is 8.42 Å². The van der Waals surface area contributed by atoms with Crippen molar-refractivity contribution in [3.05, 3.63) is 78.4 Å². The van der Waals surface area contributed by atoms with Crippen molar-refractivity contribution >= 4 is 26.5 Å². The molecule has 3 aromatic carbocycles. The third-order valence-electron chi connectivity index (χ3n) is 5.25. The normalized spacial score (nSPS) is 17.9. The molecule has 0 bridgehead atoms. The summed E-state index contributed by atoms with van der Waals surface area (Å²) in [5.41, 5.74) is 0.968. The van der Waals surface area contributed by atoms with E-state index >= 15 is 0 Å². The maximum Gasteiger partial charge on any atom is 0.261 e. The van der Waals surface area contributed by atoms with Crippen LogP contribution in [-0.4, -0.2) is 43.4 Å². The molecule has 1 amide bonds. The highest BCUT2D eigenvalue weighted by atomic mass is 32.2. The summed E-state index contributed by atoms with van der Waals surface area (Å²) in [6.07, 6.45) is 0.469. The number of sulfone groups is 1. The van der Waals surface area contributed by atoms with E-state index in [1.807, 2.05) is 72.8 Å². The highest BCUT2D eigenvalue weighted by Gasteiger charge is 2.34. The van der Waals surface area contributed by atoms with Gasteiger partial charge in [0.25, 0.3) is 5.91 Å². The smallest absolute Gasteiger partial charge is 0.261 e. The van der Waals surface area contributed by atoms with Crippen LogP contribution in [0, 0.1) is 0 Å². The largest absolute Gasteiger partial charge is 0.484 e. The number of fused-ring (bicyclic) bond motifs is 1. The molecule has 0 aliphatic carbocycles. The van der Waals surface area contributed by atoms with Crippen molar-refractivity contribution in [3.8, 4) is 5.75 Å². The Balaban J connectivity index is 1.49.